The molecule has 118 valence electrons. The van der Waals surface area contributed by atoms with Crippen LogP contribution >= 0.6 is 0 Å². The van der Waals surface area contributed by atoms with E-state index in [1.165, 1.54) is 0 Å². The van der Waals surface area contributed by atoms with Gasteiger partial charge in [-0.1, -0.05) is 13.8 Å². The molecule has 0 atom stereocenters. The van der Waals surface area contributed by atoms with Crippen LogP contribution in [0, 0.1) is 13.8 Å². The number of aryl methyl sites for hydroxylation is 1. The van der Waals surface area contributed by atoms with Crippen molar-refractivity contribution in [3.63, 3.8) is 0 Å². The molecular formula is C16H27N3O2. The lowest BCUT2D eigenvalue weighted by Gasteiger charge is -2.21. The third-order valence-corrected chi connectivity index (χ3v) is 3.61. The average molecular weight is 293 g/mol. The minimum atomic E-state index is -0.109. The molecule has 5 heteroatoms. The quantitative estimate of drug-likeness (QED) is 0.687. The van der Waals surface area contributed by atoms with Crippen molar-refractivity contribution in [1.82, 2.24) is 15.2 Å². The molecular weight excluding hydrogens is 266 g/mol. The van der Waals surface area contributed by atoms with Gasteiger partial charge in [0.2, 0.25) is 0 Å². The molecule has 0 spiro atoms. The first-order valence-corrected chi connectivity index (χ1v) is 7.69. The Labute approximate surface area is 127 Å². The van der Waals surface area contributed by atoms with Gasteiger partial charge in [0.25, 0.3) is 5.91 Å². The van der Waals surface area contributed by atoms with Gasteiger partial charge >= 0.3 is 0 Å². The van der Waals surface area contributed by atoms with Gasteiger partial charge in [-0.2, -0.15) is 0 Å². The zero-order valence-corrected chi connectivity index (χ0v) is 13.6. The molecule has 0 saturated heterocycles. The average Bonchev–Trinajstić information content (AvgIpc) is 2.73. The number of carbonyl (C=O) groups is 2. The molecule has 0 unspecified atom stereocenters. The summed E-state index contributed by atoms with van der Waals surface area (Å²) >= 11 is 0. The molecule has 1 heterocycles. The molecule has 1 rings (SSSR count). The summed E-state index contributed by atoms with van der Waals surface area (Å²) in [4.78, 5) is 28.4. The number of nitrogens with one attached hydrogen (secondary N) is 2. The smallest absolute Gasteiger partial charge is 0.253 e. The second-order valence-electron chi connectivity index (χ2n) is 5.38. The topological polar surface area (TPSA) is 65.2 Å². The number of rotatable bonds is 9. The van der Waals surface area contributed by atoms with E-state index in [2.05, 4.69) is 29.0 Å². The monoisotopic (exact) mass is 293 g/mol. The zero-order chi connectivity index (χ0) is 15.8. The Hall–Kier alpha value is -1.62. The maximum absolute atomic E-state index is 12.2. The summed E-state index contributed by atoms with van der Waals surface area (Å²) in [6, 6.07) is 0. The van der Waals surface area contributed by atoms with Crippen LogP contribution in [0.4, 0.5) is 0 Å². The SMILES string of the molecule is CCCN(CCC)CCNC(=O)c1c(C)[nH]c(C=O)c1C. The minimum Gasteiger partial charge on any atom is -0.356 e. The van der Waals surface area contributed by atoms with Gasteiger partial charge in [-0.05, 0) is 45.3 Å². The van der Waals surface area contributed by atoms with Crippen molar-refractivity contribution >= 4 is 12.2 Å². The second kappa shape index (κ2) is 8.62. The molecule has 0 fully saturated rings. The Morgan fingerprint density at radius 3 is 2.29 bits per heavy atom. The van der Waals surface area contributed by atoms with E-state index in [1.807, 2.05) is 6.92 Å². The lowest BCUT2D eigenvalue weighted by atomic mass is 10.1. The fourth-order valence-electron chi connectivity index (χ4n) is 2.62. The predicted octanol–water partition coefficient (Wildman–Crippen LogP) is 2.30. The van der Waals surface area contributed by atoms with Crippen molar-refractivity contribution < 1.29 is 9.59 Å². The number of amides is 1. The number of H-pyrrole nitrogens is 1. The van der Waals surface area contributed by atoms with Crippen LogP contribution in [0.1, 0.15) is 58.8 Å². The fourth-order valence-corrected chi connectivity index (χ4v) is 2.62. The lowest BCUT2D eigenvalue weighted by molar-refractivity contribution is 0.0947. The second-order valence-corrected chi connectivity index (χ2v) is 5.38. The number of aromatic nitrogens is 1. The van der Waals surface area contributed by atoms with E-state index in [0.717, 1.165) is 50.0 Å². The van der Waals surface area contributed by atoms with Crippen LogP contribution in [-0.4, -0.2) is 48.3 Å². The molecule has 0 saturated carbocycles. The van der Waals surface area contributed by atoms with Crippen molar-refractivity contribution in [3.8, 4) is 0 Å². The molecule has 0 radical (unpaired) electrons. The summed E-state index contributed by atoms with van der Waals surface area (Å²) in [6.07, 6.45) is 2.99. The zero-order valence-electron chi connectivity index (χ0n) is 13.6. The number of nitrogens with zero attached hydrogens (tertiary/aromatic N) is 1. The summed E-state index contributed by atoms with van der Waals surface area (Å²) in [5.74, 6) is -0.109. The molecule has 0 bridgehead atoms. The van der Waals surface area contributed by atoms with E-state index in [4.69, 9.17) is 0 Å². The minimum absolute atomic E-state index is 0.109. The Bertz CT molecular complexity index is 474. The van der Waals surface area contributed by atoms with Crippen molar-refractivity contribution in [2.24, 2.45) is 0 Å². The predicted molar refractivity (Wildman–Crippen MR) is 85.0 cm³/mol. The molecule has 0 aromatic carbocycles. The van der Waals surface area contributed by atoms with Gasteiger partial charge in [0.05, 0.1) is 11.3 Å². The van der Waals surface area contributed by atoms with Gasteiger partial charge in [-0.3, -0.25) is 9.59 Å². The highest BCUT2D eigenvalue weighted by Crippen LogP contribution is 2.16. The highest BCUT2D eigenvalue weighted by molar-refractivity contribution is 5.99. The van der Waals surface area contributed by atoms with Crippen LogP contribution in [0.5, 0.6) is 0 Å². The van der Waals surface area contributed by atoms with Crippen LogP contribution in [0.3, 0.4) is 0 Å². The fraction of sp³-hybridized carbons (Fsp3) is 0.625. The normalized spacial score (nSPS) is 10.9. The maximum Gasteiger partial charge on any atom is 0.253 e. The largest absolute Gasteiger partial charge is 0.356 e. The molecule has 0 aliphatic rings. The van der Waals surface area contributed by atoms with E-state index in [9.17, 15) is 9.59 Å². The number of aromatic amines is 1. The highest BCUT2D eigenvalue weighted by Gasteiger charge is 2.17. The van der Waals surface area contributed by atoms with Crippen molar-refractivity contribution in [2.75, 3.05) is 26.2 Å². The van der Waals surface area contributed by atoms with Gasteiger partial charge in [0, 0.05) is 18.8 Å². The van der Waals surface area contributed by atoms with E-state index >= 15 is 0 Å². The third-order valence-electron chi connectivity index (χ3n) is 3.61. The molecule has 1 aromatic heterocycles. The van der Waals surface area contributed by atoms with Gasteiger partial charge in [-0.15, -0.1) is 0 Å². The number of carbonyl (C=O) groups excluding carboxylic acids is 2. The Kier molecular flexibility index (Phi) is 7.15. The Morgan fingerprint density at radius 2 is 1.81 bits per heavy atom. The van der Waals surface area contributed by atoms with Crippen molar-refractivity contribution in [3.05, 3.63) is 22.5 Å². The Morgan fingerprint density at radius 1 is 1.19 bits per heavy atom. The summed E-state index contributed by atoms with van der Waals surface area (Å²) in [5, 5.41) is 2.95. The van der Waals surface area contributed by atoms with Gasteiger partial charge in [0.1, 0.15) is 0 Å². The van der Waals surface area contributed by atoms with Gasteiger partial charge in [-0.25, -0.2) is 0 Å². The molecule has 0 aliphatic carbocycles. The van der Waals surface area contributed by atoms with E-state index in [-0.39, 0.29) is 5.91 Å². The number of hydrogen-bond donors (Lipinski definition) is 2. The standard InChI is InChI=1S/C16H27N3O2/c1-5-8-19(9-6-2)10-7-17-16(21)15-12(3)14(11-20)18-13(15)4/h11,18H,5-10H2,1-4H3,(H,17,21). The summed E-state index contributed by atoms with van der Waals surface area (Å²) in [5.41, 5.74) is 2.54. The maximum atomic E-state index is 12.2. The first-order valence-electron chi connectivity index (χ1n) is 7.69. The van der Waals surface area contributed by atoms with Crippen LogP contribution in [0.15, 0.2) is 0 Å². The van der Waals surface area contributed by atoms with Crippen molar-refractivity contribution in [1.29, 1.82) is 0 Å². The lowest BCUT2D eigenvalue weighted by Crippen LogP contribution is -2.36. The van der Waals surface area contributed by atoms with Crippen LogP contribution < -0.4 is 5.32 Å². The Balaban J connectivity index is 2.58. The van der Waals surface area contributed by atoms with Crippen molar-refractivity contribution in [2.45, 2.75) is 40.5 Å². The molecule has 1 amide bonds. The van der Waals surface area contributed by atoms with Crippen LogP contribution in [0.25, 0.3) is 0 Å². The molecule has 1 aromatic rings. The highest BCUT2D eigenvalue weighted by atomic mass is 16.1. The van der Waals surface area contributed by atoms with Crippen LogP contribution in [-0.2, 0) is 0 Å². The number of hydrogen-bond acceptors (Lipinski definition) is 3. The molecule has 21 heavy (non-hydrogen) atoms. The molecule has 5 nitrogen and oxygen atoms in total. The van der Waals surface area contributed by atoms with Gasteiger partial charge < -0.3 is 15.2 Å². The molecule has 0 aliphatic heterocycles. The van der Waals surface area contributed by atoms with Crippen LogP contribution in [0.2, 0.25) is 0 Å². The number of aldehydes is 1. The summed E-state index contributed by atoms with van der Waals surface area (Å²) < 4.78 is 0. The summed E-state index contributed by atoms with van der Waals surface area (Å²) in [7, 11) is 0. The third kappa shape index (κ3) is 4.70. The first-order chi connectivity index (χ1) is 10.0. The van der Waals surface area contributed by atoms with E-state index in [1.54, 1.807) is 6.92 Å². The van der Waals surface area contributed by atoms with E-state index < -0.39 is 0 Å². The summed E-state index contributed by atoms with van der Waals surface area (Å²) in [6.45, 7) is 11.5. The van der Waals surface area contributed by atoms with E-state index in [0.29, 0.717) is 17.8 Å². The first kappa shape index (κ1) is 17.4. The molecule has 2 N–H and O–H groups in total. The van der Waals surface area contributed by atoms with Gasteiger partial charge in [0.15, 0.2) is 6.29 Å².